The van der Waals surface area contributed by atoms with Crippen molar-refractivity contribution in [2.75, 3.05) is 0 Å². The Morgan fingerprint density at radius 3 is 0.804 bits per heavy atom. The van der Waals surface area contributed by atoms with E-state index >= 15 is 0 Å². The summed E-state index contributed by atoms with van der Waals surface area (Å²) in [6, 6.07) is 42.1. The van der Waals surface area contributed by atoms with Crippen molar-refractivity contribution in [1.82, 2.24) is 29.4 Å². The molecule has 5 aliphatic heterocycles. The first-order chi connectivity index (χ1) is 22.5. The predicted molar refractivity (Wildman–Crippen MR) is 176 cm³/mol. The van der Waals surface area contributed by atoms with Gasteiger partial charge in [-0.05, 0) is 22.3 Å². The number of carbonyl (C=O) groups excluding carboxylic acids is 2. The van der Waals surface area contributed by atoms with E-state index < -0.39 is 0 Å². The van der Waals surface area contributed by atoms with Crippen molar-refractivity contribution < 1.29 is 9.59 Å². The summed E-state index contributed by atoms with van der Waals surface area (Å²) in [4.78, 5) is 42.3. The highest BCUT2D eigenvalue weighted by molar-refractivity contribution is 5.78. The molecule has 5 fully saturated rings. The largest absolute Gasteiger partial charge is 0.304 e. The molecule has 0 radical (unpaired) electrons. The smallest absolute Gasteiger partial charge is 0.222 e. The summed E-state index contributed by atoms with van der Waals surface area (Å²) in [7, 11) is 0. The molecule has 8 heteroatoms. The molecule has 2 amide bonds. The van der Waals surface area contributed by atoms with E-state index in [9.17, 15) is 9.59 Å². The maximum atomic E-state index is 14.0. The van der Waals surface area contributed by atoms with Crippen LogP contribution in [0.15, 0.2) is 121 Å². The molecule has 0 aromatic heterocycles. The summed E-state index contributed by atoms with van der Waals surface area (Å²) in [5, 5.41) is 0. The van der Waals surface area contributed by atoms with Crippen LogP contribution in [-0.4, -0.2) is 78.2 Å². The maximum absolute atomic E-state index is 14.0. The maximum Gasteiger partial charge on any atom is 0.222 e. The minimum Gasteiger partial charge on any atom is -0.304 e. The van der Waals surface area contributed by atoms with Crippen molar-refractivity contribution in [2.24, 2.45) is 0 Å². The second-order valence-corrected chi connectivity index (χ2v) is 13.0. The van der Waals surface area contributed by atoms with Crippen LogP contribution >= 0.6 is 0 Å². The molecule has 234 valence electrons. The molecule has 9 rings (SSSR count). The first-order valence-corrected chi connectivity index (χ1v) is 16.3. The molecule has 4 aromatic rings. The van der Waals surface area contributed by atoms with E-state index in [0.717, 1.165) is 0 Å². The highest BCUT2D eigenvalue weighted by Crippen LogP contribution is 2.53. The van der Waals surface area contributed by atoms with E-state index in [1.54, 1.807) is 13.8 Å². The van der Waals surface area contributed by atoms with Crippen molar-refractivity contribution in [3.8, 4) is 0 Å². The van der Waals surface area contributed by atoms with Crippen LogP contribution in [-0.2, 0) is 35.8 Å². The Balaban J connectivity index is 1.35. The standard InChI is InChI=1S/C38H40N6O2/c1-27(45)43-35-37-41(25-31-19-11-5-12-20-31)33(39(35)23-29-15-7-3-8-16-29)34-40(24-30-17-9-4-10-18-30)36(43)38(44(37)28(2)46)42(34)26-32-21-13-6-14-22-32/h3-22,33-38H,23-26H2,1-2H3. The summed E-state index contributed by atoms with van der Waals surface area (Å²) in [5.74, 6) is 0.0682. The molecule has 0 spiro atoms. The SMILES string of the molecule is CC(=O)N1C2C3N(Cc4ccccc4)C(C4N(Cc5ccccc5)C1C(N4Cc1ccccc1)N3C(C)=O)N2Cc1ccccc1. The van der Waals surface area contributed by atoms with Gasteiger partial charge in [-0.2, -0.15) is 0 Å². The van der Waals surface area contributed by atoms with Gasteiger partial charge in [0.25, 0.3) is 0 Å². The second kappa shape index (κ2) is 11.8. The number of rotatable bonds is 8. The van der Waals surface area contributed by atoms with Gasteiger partial charge in [-0.15, -0.1) is 0 Å². The normalized spacial score (nSPS) is 27.4. The molecule has 5 heterocycles. The Kier molecular flexibility index (Phi) is 7.45. The summed E-state index contributed by atoms with van der Waals surface area (Å²) in [6.07, 6.45) is -1.36. The van der Waals surface area contributed by atoms with Crippen LogP contribution in [0.5, 0.6) is 0 Å². The Hall–Kier alpha value is -4.34. The molecule has 4 atom stereocenters. The van der Waals surface area contributed by atoms with Gasteiger partial charge in [-0.3, -0.25) is 29.2 Å². The highest BCUT2D eigenvalue weighted by atomic mass is 16.2. The van der Waals surface area contributed by atoms with Gasteiger partial charge in [0.2, 0.25) is 11.8 Å². The molecule has 4 unspecified atom stereocenters. The number of amides is 2. The number of hydrogen-bond donors (Lipinski definition) is 0. The number of hydrogen-bond acceptors (Lipinski definition) is 6. The van der Waals surface area contributed by atoms with Crippen LogP contribution in [0.2, 0.25) is 0 Å². The molecule has 5 saturated heterocycles. The van der Waals surface area contributed by atoms with E-state index in [4.69, 9.17) is 0 Å². The zero-order valence-electron chi connectivity index (χ0n) is 26.3. The van der Waals surface area contributed by atoms with Crippen molar-refractivity contribution in [3.05, 3.63) is 144 Å². The van der Waals surface area contributed by atoms with Gasteiger partial charge in [-0.1, -0.05) is 121 Å². The fraction of sp³-hybridized carbons (Fsp3) is 0.316. The van der Waals surface area contributed by atoms with E-state index in [0.29, 0.717) is 26.2 Å². The monoisotopic (exact) mass is 612 g/mol. The van der Waals surface area contributed by atoms with Crippen LogP contribution < -0.4 is 0 Å². The molecule has 4 aromatic carbocycles. The Labute approximate surface area is 271 Å². The molecule has 46 heavy (non-hydrogen) atoms. The predicted octanol–water partition coefficient (Wildman–Crippen LogP) is 4.70. The number of nitrogens with zero attached hydrogens (tertiary/aromatic N) is 6. The van der Waals surface area contributed by atoms with Gasteiger partial charge in [0, 0.05) is 40.0 Å². The van der Waals surface area contributed by atoms with Gasteiger partial charge < -0.3 is 9.80 Å². The average molecular weight is 613 g/mol. The van der Waals surface area contributed by atoms with Crippen molar-refractivity contribution in [1.29, 1.82) is 0 Å². The molecule has 0 saturated carbocycles. The van der Waals surface area contributed by atoms with E-state index in [1.807, 2.05) is 24.3 Å². The van der Waals surface area contributed by atoms with Gasteiger partial charge >= 0.3 is 0 Å². The van der Waals surface area contributed by atoms with Gasteiger partial charge in [0.1, 0.15) is 24.7 Å². The van der Waals surface area contributed by atoms with Crippen molar-refractivity contribution in [3.63, 3.8) is 0 Å². The minimum absolute atomic E-state index is 0.0341. The lowest BCUT2D eigenvalue weighted by atomic mass is 10.1. The van der Waals surface area contributed by atoms with E-state index in [1.165, 1.54) is 22.3 Å². The minimum atomic E-state index is -0.293. The second-order valence-electron chi connectivity index (χ2n) is 13.0. The number of piperazine rings is 1. The first kappa shape index (κ1) is 29.1. The highest BCUT2D eigenvalue weighted by Gasteiger charge is 2.72. The molecule has 0 N–H and O–H groups in total. The summed E-state index contributed by atoms with van der Waals surface area (Å²) in [6.45, 7) is 6.07. The number of benzene rings is 4. The van der Waals surface area contributed by atoms with Crippen LogP contribution in [0, 0.1) is 0 Å². The third-order valence-electron chi connectivity index (χ3n) is 10.2. The quantitative estimate of drug-likeness (QED) is 0.288. The topological polar surface area (TPSA) is 53.6 Å². The van der Waals surface area contributed by atoms with Gasteiger partial charge in [-0.25, -0.2) is 0 Å². The fourth-order valence-corrected chi connectivity index (χ4v) is 8.57. The molecule has 5 aliphatic rings. The molecule has 6 bridgehead atoms. The van der Waals surface area contributed by atoms with E-state index in [-0.39, 0.29) is 48.8 Å². The Morgan fingerprint density at radius 2 is 0.609 bits per heavy atom. The molecule has 0 aliphatic carbocycles. The zero-order chi connectivity index (χ0) is 31.4. The third kappa shape index (κ3) is 4.75. The molecular formula is C38H40N6O2. The lowest BCUT2D eigenvalue weighted by Gasteiger charge is -2.55. The lowest BCUT2D eigenvalue weighted by Crippen LogP contribution is -2.75. The van der Waals surface area contributed by atoms with Crippen LogP contribution in [0.4, 0.5) is 0 Å². The van der Waals surface area contributed by atoms with Gasteiger partial charge in [0.15, 0.2) is 0 Å². The number of carbonyl (C=O) groups is 2. The van der Waals surface area contributed by atoms with Crippen LogP contribution in [0.3, 0.4) is 0 Å². The van der Waals surface area contributed by atoms with Crippen molar-refractivity contribution in [2.45, 2.75) is 77.0 Å². The molecule has 8 nitrogen and oxygen atoms in total. The third-order valence-corrected chi connectivity index (χ3v) is 10.2. The Morgan fingerprint density at radius 1 is 0.391 bits per heavy atom. The van der Waals surface area contributed by atoms with Crippen LogP contribution in [0.25, 0.3) is 0 Å². The van der Waals surface area contributed by atoms with Gasteiger partial charge in [0.05, 0.1) is 12.3 Å². The Bertz CT molecular complexity index is 1450. The first-order valence-electron chi connectivity index (χ1n) is 16.3. The summed E-state index contributed by atoms with van der Waals surface area (Å²) in [5.41, 5.74) is 4.76. The van der Waals surface area contributed by atoms with Crippen molar-refractivity contribution >= 4 is 11.8 Å². The molecular weight excluding hydrogens is 572 g/mol. The lowest BCUT2D eigenvalue weighted by molar-refractivity contribution is -0.184. The fourth-order valence-electron chi connectivity index (χ4n) is 8.57. The van der Waals surface area contributed by atoms with Crippen LogP contribution in [0.1, 0.15) is 36.1 Å². The zero-order valence-corrected chi connectivity index (χ0v) is 26.3. The summed E-state index contributed by atoms with van der Waals surface area (Å²) >= 11 is 0. The average Bonchev–Trinajstić information content (AvgIpc) is 3.46. The summed E-state index contributed by atoms with van der Waals surface area (Å²) < 4.78 is 0. The van der Waals surface area contributed by atoms with E-state index in [2.05, 4.69) is 126 Å².